The van der Waals surface area contributed by atoms with E-state index in [0.717, 1.165) is 11.1 Å². The summed E-state index contributed by atoms with van der Waals surface area (Å²) in [4.78, 5) is 25.0. The van der Waals surface area contributed by atoms with E-state index in [1.54, 1.807) is 32.0 Å². The molecule has 25 heavy (non-hydrogen) atoms. The summed E-state index contributed by atoms with van der Waals surface area (Å²) in [5.74, 6) is -0.776. The lowest BCUT2D eigenvalue weighted by Gasteiger charge is -2.23. The van der Waals surface area contributed by atoms with E-state index in [-0.39, 0.29) is 5.91 Å². The third-order valence-electron chi connectivity index (χ3n) is 4.01. The molecule has 0 spiro atoms. The molecule has 2 aromatic rings. The minimum absolute atomic E-state index is 0.335. The first-order valence-electron chi connectivity index (χ1n) is 7.81. The Bertz CT molecular complexity index is 804. The van der Waals surface area contributed by atoms with Gasteiger partial charge in [0.05, 0.1) is 10.0 Å². The fraction of sp³-hybridized carbons (Fsp3) is 0.263. The van der Waals surface area contributed by atoms with Gasteiger partial charge in [-0.3, -0.25) is 9.59 Å². The highest BCUT2D eigenvalue weighted by molar-refractivity contribution is 6.42. The molecule has 0 atom stereocenters. The molecule has 6 heteroatoms. The lowest BCUT2D eigenvalue weighted by Crippen LogP contribution is -2.44. The third kappa shape index (κ3) is 4.74. The van der Waals surface area contributed by atoms with E-state index in [0.29, 0.717) is 22.3 Å². The lowest BCUT2D eigenvalue weighted by atomic mass is 9.90. The Labute approximate surface area is 157 Å². The summed E-state index contributed by atoms with van der Waals surface area (Å²) in [7, 11) is 0. The van der Waals surface area contributed by atoms with Crippen LogP contribution >= 0.6 is 23.2 Å². The molecule has 2 amide bonds. The molecule has 0 aliphatic rings. The minimum Gasteiger partial charge on any atom is -0.351 e. The standard InChI is InChI=1S/C19H20Cl2N2O2/c1-12-6-4-5-7-13(12)11-22-17(24)19(2,3)18(25)23-14-8-9-15(20)16(21)10-14/h4-10H,11H2,1-3H3,(H,22,24)(H,23,25). The van der Waals surface area contributed by atoms with Crippen LogP contribution in [0.3, 0.4) is 0 Å². The van der Waals surface area contributed by atoms with Gasteiger partial charge >= 0.3 is 0 Å². The van der Waals surface area contributed by atoms with Crippen LogP contribution in [-0.2, 0) is 16.1 Å². The minimum atomic E-state index is -1.24. The predicted molar refractivity (Wildman–Crippen MR) is 102 cm³/mol. The summed E-state index contributed by atoms with van der Waals surface area (Å²) in [6.45, 7) is 5.50. The highest BCUT2D eigenvalue weighted by atomic mass is 35.5. The molecule has 0 saturated carbocycles. The predicted octanol–water partition coefficient (Wildman–Crippen LogP) is 4.58. The Morgan fingerprint density at radius 2 is 1.68 bits per heavy atom. The van der Waals surface area contributed by atoms with Gasteiger partial charge in [0.15, 0.2) is 0 Å². The summed E-state index contributed by atoms with van der Waals surface area (Å²) in [5, 5.41) is 6.25. The zero-order chi connectivity index (χ0) is 18.6. The first-order chi connectivity index (χ1) is 11.7. The summed E-state index contributed by atoms with van der Waals surface area (Å²) in [6.07, 6.45) is 0. The molecular formula is C19H20Cl2N2O2. The van der Waals surface area contributed by atoms with Crippen molar-refractivity contribution < 1.29 is 9.59 Å². The van der Waals surface area contributed by atoms with Crippen molar-refractivity contribution in [3.05, 3.63) is 63.6 Å². The molecule has 4 nitrogen and oxygen atoms in total. The molecule has 2 N–H and O–H groups in total. The van der Waals surface area contributed by atoms with Gasteiger partial charge in [0, 0.05) is 12.2 Å². The van der Waals surface area contributed by atoms with E-state index in [2.05, 4.69) is 10.6 Å². The number of aryl methyl sites for hydroxylation is 1. The van der Waals surface area contributed by atoms with Crippen LogP contribution in [0.4, 0.5) is 5.69 Å². The topological polar surface area (TPSA) is 58.2 Å². The van der Waals surface area contributed by atoms with Crippen molar-refractivity contribution in [3.8, 4) is 0 Å². The smallest absolute Gasteiger partial charge is 0.239 e. The van der Waals surface area contributed by atoms with Crippen LogP contribution in [0.25, 0.3) is 0 Å². The fourth-order valence-corrected chi connectivity index (χ4v) is 2.47. The lowest BCUT2D eigenvalue weighted by molar-refractivity contribution is -0.138. The van der Waals surface area contributed by atoms with E-state index in [1.807, 2.05) is 31.2 Å². The Hall–Kier alpha value is -2.04. The van der Waals surface area contributed by atoms with Crippen LogP contribution in [0, 0.1) is 12.3 Å². The SMILES string of the molecule is Cc1ccccc1CNC(=O)C(C)(C)C(=O)Nc1ccc(Cl)c(Cl)c1. The van der Waals surface area contributed by atoms with Crippen molar-refractivity contribution in [2.75, 3.05) is 5.32 Å². The molecule has 0 saturated heterocycles. The van der Waals surface area contributed by atoms with Crippen LogP contribution in [0.15, 0.2) is 42.5 Å². The molecule has 0 aliphatic heterocycles. The van der Waals surface area contributed by atoms with Gasteiger partial charge in [-0.25, -0.2) is 0 Å². The van der Waals surface area contributed by atoms with Crippen LogP contribution in [-0.4, -0.2) is 11.8 Å². The number of rotatable bonds is 5. The Morgan fingerprint density at radius 1 is 1.00 bits per heavy atom. The highest BCUT2D eigenvalue weighted by Gasteiger charge is 2.36. The van der Waals surface area contributed by atoms with Gasteiger partial charge in [-0.2, -0.15) is 0 Å². The second-order valence-corrected chi connectivity index (χ2v) is 7.13. The molecule has 0 bridgehead atoms. The van der Waals surface area contributed by atoms with Crippen LogP contribution < -0.4 is 10.6 Å². The zero-order valence-corrected chi connectivity index (χ0v) is 15.8. The summed E-state index contributed by atoms with van der Waals surface area (Å²) in [5.41, 5.74) is 1.34. The van der Waals surface area contributed by atoms with Crippen LogP contribution in [0.5, 0.6) is 0 Å². The van der Waals surface area contributed by atoms with Crippen molar-refractivity contribution >= 4 is 40.7 Å². The Kier molecular flexibility index (Phi) is 6.09. The maximum atomic E-state index is 12.5. The second-order valence-electron chi connectivity index (χ2n) is 6.32. The molecule has 0 heterocycles. The molecule has 0 radical (unpaired) electrons. The van der Waals surface area contributed by atoms with Gasteiger partial charge in [0.25, 0.3) is 0 Å². The largest absolute Gasteiger partial charge is 0.351 e. The first-order valence-corrected chi connectivity index (χ1v) is 8.56. The van der Waals surface area contributed by atoms with Gasteiger partial charge in [-0.15, -0.1) is 0 Å². The molecule has 0 unspecified atom stereocenters. The van der Waals surface area contributed by atoms with Crippen molar-refractivity contribution in [2.45, 2.75) is 27.3 Å². The quantitative estimate of drug-likeness (QED) is 0.747. The fourth-order valence-electron chi connectivity index (χ4n) is 2.17. The number of hydrogen-bond acceptors (Lipinski definition) is 2. The van der Waals surface area contributed by atoms with E-state index >= 15 is 0 Å². The van der Waals surface area contributed by atoms with Gasteiger partial charge < -0.3 is 10.6 Å². The number of hydrogen-bond donors (Lipinski definition) is 2. The molecule has 2 rings (SSSR count). The van der Waals surface area contributed by atoms with Crippen molar-refractivity contribution in [1.82, 2.24) is 5.32 Å². The monoisotopic (exact) mass is 378 g/mol. The maximum Gasteiger partial charge on any atom is 0.239 e. The maximum absolute atomic E-state index is 12.5. The molecular weight excluding hydrogens is 359 g/mol. The van der Waals surface area contributed by atoms with Gasteiger partial charge in [0.2, 0.25) is 11.8 Å². The molecule has 0 aliphatic carbocycles. The van der Waals surface area contributed by atoms with E-state index in [1.165, 1.54) is 0 Å². The number of carbonyl (C=O) groups is 2. The van der Waals surface area contributed by atoms with Gasteiger partial charge in [0.1, 0.15) is 5.41 Å². The number of nitrogens with one attached hydrogen (secondary N) is 2. The number of halogens is 2. The summed E-state index contributed by atoms with van der Waals surface area (Å²) < 4.78 is 0. The number of carbonyl (C=O) groups excluding carboxylic acids is 2. The number of amides is 2. The third-order valence-corrected chi connectivity index (χ3v) is 4.75. The molecule has 132 valence electrons. The molecule has 0 aromatic heterocycles. The normalized spacial score (nSPS) is 11.1. The average molecular weight is 379 g/mol. The molecule has 0 fully saturated rings. The second kappa shape index (κ2) is 7.89. The van der Waals surface area contributed by atoms with Crippen molar-refractivity contribution in [1.29, 1.82) is 0 Å². The summed E-state index contributed by atoms with van der Waals surface area (Å²) >= 11 is 11.8. The zero-order valence-electron chi connectivity index (χ0n) is 14.3. The van der Waals surface area contributed by atoms with Gasteiger partial charge in [-0.05, 0) is 50.1 Å². The number of benzene rings is 2. The van der Waals surface area contributed by atoms with Crippen LogP contribution in [0.2, 0.25) is 10.0 Å². The van der Waals surface area contributed by atoms with E-state index in [4.69, 9.17) is 23.2 Å². The number of anilines is 1. The average Bonchev–Trinajstić information content (AvgIpc) is 2.57. The van der Waals surface area contributed by atoms with Crippen molar-refractivity contribution in [2.24, 2.45) is 5.41 Å². The molecule has 2 aromatic carbocycles. The van der Waals surface area contributed by atoms with Crippen molar-refractivity contribution in [3.63, 3.8) is 0 Å². The Balaban J connectivity index is 2.03. The van der Waals surface area contributed by atoms with E-state index in [9.17, 15) is 9.59 Å². The Morgan fingerprint density at radius 3 is 2.32 bits per heavy atom. The van der Waals surface area contributed by atoms with Crippen LogP contribution in [0.1, 0.15) is 25.0 Å². The summed E-state index contributed by atoms with van der Waals surface area (Å²) in [6, 6.07) is 12.5. The van der Waals surface area contributed by atoms with Gasteiger partial charge in [-0.1, -0.05) is 47.5 Å². The first kappa shape index (κ1) is 19.3. The highest BCUT2D eigenvalue weighted by Crippen LogP contribution is 2.26. The van der Waals surface area contributed by atoms with E-state index < -0.39 is 11.3 Å².